The minimum absolute atomic E-state index is 0.0469. The lowest BCUT2D eigenvalue weighted by Gasteiger charge is -2.10. The second-order valence-electron chi connectivity index (χ2n) is 3.90. The molecule has 0 bridgehead atoms. The molecule has 3 nitrogen and oxygen atoms in total. The van der Waals surface area contributed by atoms with Crippen molar-refractivity contribution >= 4 is 31.6 Å². The summed E-state index contributed by atoms with van der Waals surface area (Å²) in [5, 5.41) is -0.527. The summed E-state index contributed by atoms with van der Waals surface area (Å²) in [4.78, 5) is 11.4. The molecule has 1 saturated carbocycles. The number of benzene rings is 1. The quantitative estimate of drug-likeness (QED) is 0.842. The van der Waals surface area contributed by atoms with Gasteiger partial charge < -0.3 is 0 Å². The number of carbonyl (C=O) groups excluding carboxylic acids is 1. The first-order chi connectivity index (χ1) is 7.50. The zero-order valence-electron chi connectivity index (χ0n) is 8.52. The molecule has 0 spiro atoms. The van der Waals surface area contributed by atoms with Crippen LogP contribution in [0.3, 0.4) is 0 Å². The number of carbonyl (C=O) groups is 1. The maximum absolute atomic E-state index is 12.1. The van der Waals surface area contributed by atoms with E-state index >= 15 is 0 Å². The molecule has 1 aromatic carbocycles. The number of hydrogen-bond acceptors (Lipinski definition) is 3. The van der Waals surface area contributed by atoms with Gasteiger partial charge in [0.25, 0.3) is 0 Å². The fourth-order valence-electron chi connectivity index (χ4n) is 1.86. The summed E-state index contributed by atoms with van der Waals surface area (Å²) < 4.78 is 25.1. The van der Waals surface area contributed by atoms with Gasteiger partial charge in [0.15, 0.2) is 9.84 Å². The van der Waals surface area contributed by atoms with Crippen LogP contribution in [0, 0.1) is 0 Å². The van der Waals surface area contributed by atoms with Crippen molar-refractivity contribution < 1.29 is 13.2 Å². The van der Waals surface area contributed by atoms with E-state index in [0.717, 1.165) is 4.47 Å². The number of rotatable bonds is 2. The van der Waals surface area contributed by atoms with Gasteiger partial charge in [-0.2, -0.15) is 0 Å². The summed E-state index contributed by atoms with van der Waals surface area (Å²) in [6.07, 6.45) is 1.01. The van der Waals surface area contributed by atoms with Crippen LogP contribution in [-0.2, 0) is 14.6 Å². The van der Waals surface area contributed by atoms with Crippen molar-refractivity contribution in [3.8, 4) is 0 Å². The van der Waals surface area contributed by atoms with E-state index < -0.39 is 15.1 Å². The third-order valence-corrected chi connectivity index (χ3v) is 5.52. The summed E-state index contributed by atoms with van der Waals surface area (Å²) in [7, 11) is -3.33. The van der Waals surface area contributed by atoms with Gasteiger partial charge in [-0.3, -0.25) is 4.79 Å². The smallest absolute Gasteiger partial charge is 0.181 e. The Bertz CT molecular complexity index is 505. The molecule has 16 heavy (non-hydrogen) atoms. The van der Waals surface area contributed by atoms with Crippen LogP contribution in [0.1, 0.15) is 19.3 Å². The zero-order chi connectivity index (χ0) is 11.8. The van der Waals surface area contributed by atoms with Gasteiger partial charge >= 0.3 is 0 Å². The van der Waals surface area contributed by atoms with Crippen molar-refractivity contribution in [1.82, 2.24) is 0 Å². The summed E-state index contributed by atoms with van der Waals surface area (Å²) in [5.74, 6) is 0.0469. The summed E-state index contributed by atoms with van der Waals surface area (Å²) in [6, 6.07) is 6.54. The molecule has 0 aliphatic heterocycles. The molecule has 0 radical (unpaired) electrons. The molecular weight excluding hydrogens is 292 g/mol. The Balaban J connectivity index is 2.32. The van der Waals surface area contributed by atoms with Crippen molar-refractivity contribution in [1.29, 1.82) is 0 Å². The lowest BCUT2D eigenvalue weighted by molar-refractivity contribution is -0.117. The molecule has 1 aliphatic carbocycles. The number of sulfone groups is 1. The topological polar surface area (TPSA) is 51.2 Å². The van der Waals surface area contributed by atoms with Gasteiger partial charge in [0.2, 0.25) is 0 Å². The van der Waals surface area contributed by atoms with E-state index in [1.54, 1.807) is 24.3 Å². The van der Waals surface area contributed by atoms with E-state index in [2.05, 4.69) is 15.9 Å². The Morgan fingerprint density at radius 2 is 1.81 bits per heavy atom. The summed E-state index contributed by atoms with van der Waals surface area (Å²) in [6.45, 7) is 0. The number of ketones is 1. The van der Waals surface area contributed by atoms with Crippen LogP contribution in [0.25, 0.3) is 0 Å². The van der Waals surface area contributed by atoms with E-state index in [1.807, 2.05) is 0 Å². The normalized spacial score (nSPS) is 21.3. The molecule has 5 heteroatoms. The monoisotopic (exact) mass is 302 g/mol. The molecule has 0 heterocycles. The molecule has 1 unspecified atom stereocenters. The standard InChI is InChI=1S/C11H11BrO3S/c12-8-1-4-10(5-2-8)16(14,15)11-6-3-9(13)7-11/h1-2,4-5,11H,3,6-7H2. The second-order valence-corrected chi connectivity index (χ2v) is 7.05. The number of Topliss-reactive ketones (excluding diaryl/α,β-unsaturated/α-hetero) is 1. The van der Waals surface area contributed by atoms with Gasteiger partial charge in [-0.05, 0) is 30.7 Å². The van der Waals surface area contributed by atoms with Crippen LogP contribution in [-0.4, -0.2) is 19.5 Å². The van der Waals surface area contributed by atoms with E-state index in [0.29, 0.717) is 17.7 Å². The minimum atomic E-state index is -3.33. The van der Waals surface area contributed by atoms with Gasteiger partial charge in [-0.1, -0.05) is 15.9 Å². The van der Waals surface area contributed by atoms with Gasteiger partial charge in [0, 0.05) is 17.3 Å². The van der Waals surface area contributed by atoms with E-state index in [9.17, 15) is 13.2 Å². The van der Waals surface area contributed by atoms with Crippen molar-refractivity contribution in [2.24, 2.45) is 0 Å². The predicted octanol–water partition coefficient (Wildman–Crippen LogP) is 2.34. The molecular formula is C11H11BrO3S. The molecule has 2 rings (SSSR count). The maximum atomic E-state index is 12.1. The molecule has 0 amide bonds. The average Bonchev–Trinajstić information content (AvgIpc) is 2.66. The Morgan fingerprint density at radius 1 is 1.19 bits per heavy atom. The highest BCUT2D eigenvalue weighted by molar-refractivity contribution is 9.10. The minimum Gasteiger partial charge on any atom is -0.300 e. The molecule has 1 atom stereocenters. The van der Waals surface area contributed by atoms with Gasteiger partial charge in [0.05, 0.1) is 10.1 Å². The van der Waals surface area contributed by atoms with Crippen LogP contribution in [0.5, 0.6) is 0 Å². The number of halogens is 1. The maximum Gasteiger partial charge on any atom is 0.181 e. The van der Waals surface area contributed by atoms with Crippen LogP contribution in [0.4, 0.5) is 0 Å². The van der Waals surface area contributed by atoms with Crippen LogP contribution in [0.15, 0.2) is 33.6 Å². The van der Waals surface area contributed by atoms with E-state index in [-0.39, 0.29) is 12.2 Å². The first kappa shape index (κ1) is 11.8. The molecule has 86 valence electrons. The molecule has 0 saturated heterocycles. The Kier molecular flexibility index (Phi) is 3.17. The van der Waals surface area contributed by atoms with Crippen molar-refractivity contribution in [2.45, 2.75) is 29.4 Å². The Hall–Kier alpha value is -0.680. The zero-order valence-corrected chi connectivity index (χ0v) is 10.9. The van der Waals surface area contributed by atoms with Crippen molar-refractivity contribution in [2.75, 3.05) is 0 Å². The van der Waals surface area contributed by atoms with Crippen molar-refractivity contribution in [3.63, 3.8) is 0 Å². The lowest BCUT2D eigenvalue weighted by atomic mass is 10.4. The highest BCUT2D eigenvalue weighted by atomic mass is 79.9. The lowest BCUT2D eigenvalue weighted by Crippen LogP contribution is -2.18. The first-order valence-corrected chi connectivity index (χ1v) is 7.35. The van der Waals surface area contributed by atoms with Crippen LogP contribution < -0.4 is 0 Å². The molecule has 1 fully saturated rings. The summed E-state index contributed by atoms with van der Waals surface area (Å²) in [5.41, 5.74) is 0. The summed E-state index contributed by atoms with van der Waals surface area (Å²) >= 11 is 3.26. The van der Waals surface area contributed by atoms with Crippen molar-refractivity contribution in [3.05, 3.63) is 28.7 Å². The average molecular weight is 303 g/mol. The first-order valence-electron chi connectivity index (χ1n) is 5.01. The third kappa shape index (κ3) is 2.20. The molecule has 0 aromatic heterocycles. The molecule has 1 aliphatic rings. The molecule has 0 N–H and O–H groups in total. The second kappa shape index (κ2) is 4.30. The highest BCUT2D eigenvalue weighted by Gasteiger charge is 2.34. The number of hydrogen-bond donors (Lipinski definition) is 0. The predicted molar refractivity (Wildman–Crippen MR) is 64.0 cm³/mol. The van der Waals surface area contributed by atoms with E-state index in [4.69, 9.17) is 0 Å². The largest absolute Gasteiger partial charge is 0.300 e. The van der Waals surface area contributed by atoms with Gasteiger partial charge in [-0.25, -0.2) is 8.42 Å². The van der Waals surface area contributed by atoms with Crippen LogP contribution in [0.2, 0.25) is 0 Å². The Morgan fingerprint density at radius 3 is 2.31 bits per heavy atom. The third-order valence-electron chi connectivity index (χ3n) is 2.78. The van der Waals surface area contributed by atoms with E-state index in [1.165, 1.54) is 0 Å². The highest BCUT2D eigenvalue weighted by Crippen LogP contribution is 2.28. The van der Waals surface area contributed by atoms with Crippen LogP contribution >= 0.6 is 15.9 Å². The van der Waals surface area contributed by atoms with Gasteiger partial charge in [0.1, 0.15) is 5.78 Å². The van der Waals surface area contributed by atoms with Gasteiger partial charge in [-0.15, -0.1) is 0 Å². The Labute approximate surface area is 103 Å². The fraction of sp³-hybridized carbons (Fsp3) is 0.364. The fourth-order valence-corrected chi connectivity index (χ4v) is 3.86. The SMILES string of the molecule is O=C1CCC(S(=O)(=O)c2ccc(Br)cc2)C1. The molecule has 1 aromatic rings.